The fraction of sp³-hybridized carbons (Fsp3) is 0.333. The SMILES string of the molecule is CCCOc1ccc(/C=N/Nc2nc(C)c(C)s2)cc1. The lowest BCUT2D eigenvalue weighted by atomic mass is 10.2. The van der Waals surface area contributed by atoms with Gasteiger partial charge in [0.2, 0.25) is 5.13 Å². The van der Waals surface area contributed by atoms with Gasteiger partial charge in [0.05, 0.1) is 18.5 Å². The number of benzene rings is 1. The molecule has 0 spiro atoms. The summed E-state index contributed by atoms with van der Waals surface area (Å²) in [4.78, 5) is 5.57. The first-order valence-corrected chi connectivity index (χ1v) is 7.46. The van der Waals surface area contributed by atoms with Crippen LogP contribution < -0.4 is 10.2 Å². The summed E-state index contributed by atoms with van der Waals surface area (Å²) in [6.07, 6.45) is 2.79. The zero-order chi connectivity index (χ0) is 14.4. The Kier molecular flexibility index (Phi) is 5.12. The highest BCUT2D eigenvalue weighted by atomic mass is 32.1. The standard InChI is InChI=1S/C15H19N3OS/c1-4-9-19-14-7-5-13(6-8-14)10-16-18-15-17-11(2)12(3)20-15/h5-8,10H,4,9H2,1-3H3,(H,17,18)/b16-10+. The summed E-state index contributed by atoms with van der Waals surface area (Å²) in [5.41, 5.74) is 5.02. The van der Waals surface area contributed by atoms with Crippen LogP contribution in [-0.2, 0) is 0 Å². The van der Waals surface area contributed by atoms with Crippen molar-refractivity contribution in [2.75, 3.05) is 12.0 Å². The molecule has 5 heteroatoms. The highest BCUT2D eigenvalue weighted by Gasteiger charge is 2.01. The first kappa shape index (κ1) is 14.5. The fourth-order valence-electron chi connectivity index (χ4n) is 1.55. The molecule has 2 rings (SSSR count). The molecule has 0 saturated carbocycles. The van der Waals surface area contributed by atoms with Crippen molar-refractivity contribution in [2.24, 2.45) is 5.10 Å². The summed E-state index contributed by atoms with van der Waals surface area (Å²) in [7, 11) is 0. The van der Waals surface area contributed by atoms with Crippen LogP contribution in [-0.4, -0.2) is 17.8 Å². The van der Waals surface area contributed by atoms with Crippen molar-refractivity contribution in [1.29, 1.82) is 0 Å². The fourth-order valence-corrected chi connectivity index (χ4v) is 2.32. The number of thiazole rings is 1. The lowest BCUT2D eigenvalue weighted by Gasteiger charge is -2.03. The van der Waals surface area contributed by atoms with Crippen LogP contribution >= 0.6 is 11.3 Å². The van der Waals surface area contributed by atoms with E-state index < -0.39 is 0 Å². The van der Waals surface area contributed by atoms with Crippen LogP contribution in [0.4, 0.5) is 5.13 Å². The number of anilines is 1. The second-order valence-electron chi connectivity index (χ2n) is 4.45. The lowest BCUT2D eigenvalue weighted by molar-refractivity contribution is 0.317. The molecular formula is C15H19N3OS. The Morgan fingerprint density at radius 2 is 2.05 bits per heavy atom. The predicted octanol–water partition coefficient (Wildman–Crippen LogP) is 3.99. The van der Waals surface area contributed by atoms with Crippen LogP contribution in [0.3, 0.4) is 0 Å². The van der Waals surface area contributed by atoms with Gasteiger partial charge in [-0.1, -0.05) is 6.92 Å². The first-order chi connectivity index (χ1) is 9.69. The van der Waals surface area contributed by atoms with Crippen molar-refractivity contribution in [3.8, 4) is 5.75 Å². The molecule has 4 nitrogen and oxygen atoms in total. The van der Waals surface area contributed by atoms with Gasteiger partial charge in [0.1, 0.15) is 5.75 Å². The molecule has 1 aromatic heterocycles. The summed E-state index contributed by atoms with van der Waals surface area (Å²) >= 11 is 1.61. The number of aryl methyl sites for hydroxylation is 2. The Bertz CT molecular complexity index is 556. The topological polar surface area (TPSA) is 46.5 Å². The number of hydrogen-bond donors (Lipinski definition) is 1. The highest BCUT2D eigenvalue weighted by Crippen LogP contribution is 2.20. The quantitative estimate of drug-likeness (QED) is 0.646. The molecule has 106 valence electrons. The zero-order valence-corrected chi connectivity index (χ0v) is 12.8. The minimum absolute atomic E-state index is 0.748. The van der Waals surface area contributed by atoms with E-state index in [2.05, 4.69) is 29.4 Å². The second kappa shape index (κ2) is 7.05. The number of aromatic nitrogens is 1. The number of hydrogen-bond acceptors (Lipinski definition) is 5. The average molecular weight is 289 g/mol. The molecule has 0 atom stereocenters. The van der Waals surface area contributed by atoms with Crippen molar-refractivity contribution in [1.82, 2.24) is 4.98 Å². The maximum absolute atomic E-state index is 5.53. The van der Waals surface area contributed by atoms with Gasteiger partial charge in [-0.2, -0.15) is 5.10 Å². The Balaban J connectivity index is 1.90. The van der Waals surface area contributed by atoms with Crippen LogP contribution in [0.2, 0.25) is 0 Å². The molecule has 0 unspecified atom stereocenters. The molecule has 0 saturated heterocycles. The van der Waals surface area contributed by atoms with E-state index in [4.69, 9.17) is 4.74 Å². The lowest BCUT2D eigenvalue weighted by Crippen LogP contribution is -1.95. The molecule has 1 heterocycles. The van der Waals surface area contributed by atoms with Gasteiger partial charge in [0.25, 0.3) is 0 Å². The molecule has 20 heavy (non-hydrogen) atoms. The Labute approximate surface area is 123 Å². The number of ether oxygens (including phenoxy) is 1. The van der Waals surface area contributed by atoms with E-state index in [9.17, 15) is 0 Å². The molecule has 1 N–H and O–H groups in total. The predicted molar refractivity (Wildman–Crippen MR) is 85.0 cm³/mol. The van der Waals surface area contributed by atoms with E-state index in [1.54, 1.807) is 17.6 Å². The van der Waals surface area contributed by atoms with Gasteiger partial charge >= 0.3 is 0 Å². The van der Waals surface area contributed by atoms with Crippen LogP contribution in [0.1, 0.15) is 29.5 Å². The maximum Gasteiger partial charge on any atom is 0.203 e. The van der Waals surface area contributed by atoms with Crippen LogP contribution in [0.15, 0.2) is 29.4 Å². The number of rotatable bonds is 6. The van der Waals surface area contributed by atoms with E-state index in [-0.39, 0.29) is 0 Å². The summed E-state index contributed by atoms with van der Waals surface area (Å²) in [5.74, 6) is 0.892. The van der Waals surface area contributed by atoms with Gasteiger partial charge in [0.15, 0.2) is 0 Å². The van der Waals surface area contributed by atoms with E-state index in [1.807, 2.05) is 31.2 Å². The molecular weight excluding hydrogens is 270 g/mol. The monoisotopic (exact) mass is 289 g/mol. The average Bonchev–Trinajstić information content (AvgIpc) is 2.77. The third-order valence-corrected chi connectivity index (χ3v) is 3.73. The Morgan fingerprint density at radius 1 is 1.30 bits per heavy atom. The van der Waals surface area contributed by atoms with E-state index in [1.165, 1.54) is 4.88 Å². The van der Waals surface area contributed by atoms with Crippen molar-refractivity contribution in [2.45, 2.75) is 27.2 Å². The third kappa shape index (κ3) is 4.06. The van der Waals surface area contributed by atoms with Crippen LogP contribution in [0.5, 0.6) is 5.75 Å². The molecule has 1 aromatic carbocycles. The van der Waals surface area contributed by atoms with Gasteiger partial charge in [-0.05, 0) is 50.1 Å². The second-order valence-corrected chi connectivity index (χ2v) is 5.65. The molecule has 0 bridgehead atoms. The molecule has 0 aliphatic heterocycles. The summed E-state index contributed by atoms with van der Waals surface area (Å²) in [5, 5.41) is 5.01. The number of nitrogens with one attached hydrogen (secondary N) is 1. The normalized spacial score (nSPS) is 10.9. The third-order valence-electron chi connectivity index (χ3n) is 2.76. The van der Waals surface area contributed by atoms with E-state index in [0.29, 0.717) is 0 Å². The van der Waals surface area contributed by atoms with Gasteiger partial charge < -0.3 is 4.74 Å². The largest absolute Gasteiger partial charge is 0.494 e. The van der Waals surface area contributed by atoms with Crippen molar-refractivity contribution in [3.63, 3.8) is 0 Å². The minimum Gasteiger partial charge on any atom is -0.494 e. The highest BCUT2D eigenvalue weighted by molar-refractivity contribution is 7.15. The summed E-state index contributed by atoms with van der Waals surface area (Å²) in [6.45, 7) is 6.89. The van der Waals surface area contributed by atoms with E-state index in [0.717, 1.165) is 35.2 Å². The molecule has 0 amide bonds. The maximum atomic E-state index is 5.53. The van der Waals surface area contributed by atoms with Gasteiger partial charge in [-0.25, -0.2) is 4.98 Å². The van der Waals surface area contributed by atoms with Gasteiger partial charge in [-0.3, -0.25) is 5.43 Å². The molecule has 2 aromatic rings. The van der Waals surface area contributed by atoms with Crippen LogP contribution in [0, 0.1) is 13.8 Å². The van der Waals surface area contributed by atoms with Crippen LogP contribution in [0.25, 0.3) is 0 Å². The summed E-state index contributed by atoms with van der Waals surface area (Å²) < 4.78 is 5.53. The minimum atomic E-state index is 0.748. The zero-order valence-electron chi connectivity index (χ0n) is 12.0. The molecule has 0 aliphatic rings. The molecule has 0 fully saturated rings. The van der Waals surface area contributed by atoms with E-state index >= 15 is 0 Å². The van der Waals surface area contributed by atoms with Crippen molar-refractivity contribution >= 4 is 22.7 Å². The smallest absolute Gasteiger partial charge is 0.203 e. The Morgan fingerprint density at radius 3 is 2.65 bits per heavy atom. The van der Waals surface area contributed by atoms with Crippen molar-refractivity contribution < 1.29 is 4.74 Å². The molecule has 0 aliphatic carbocycles. The Hall–Kier alpha value is -1.88. The van der Waals surface area contributed by atoms with Crippen molar-refractivity contribution in [3.05, 3.63) is 40.4 Å². The van der Waals surface area contributed by atoms with Gasteiger partial charge in [0, 0.05) is 4.88 Å². The summed E-state index contributed by atoms with van der Waals surface area (Å²) in [6, 6.07) is 7.87. The number of nitrogens with zero attached hydrogens (tertiary/aromatic N) is 2. The number of hydrazone groups is 1. The first-order valence-electron chi connectivity index (χ1n) is 6.65. The van der Waals surface area contributed by atoms with Gasteiger partial charge in [-0.15, -0.1) is 11.3 Å². The molecule has 0 radical (unpaired) electrons.